The standard InChI is InChI=1S/C12H15ClN2O3S/c1-19-7-3-2-6-14-12(16)10-8-9(15(17)18)4-5-11(10)13/h4-5,8H,2-3,6-7H2,1H3,(H,14,16). The maximum atomic E-state index is 11.8. The zero-order chi connectivity index (χ0) is 14.3. The Kier molecular flexibility index (Phi) is 6.66. The molecule has 5 nitrogen and oxygen atoms in total. The zero-order valence-corrected chi connectivity index (χ0v) is 12.1. The molecule has 19 heavy (non-hydrogen) atoms. The molecule has 0 aliphatic carbocycles. The number of hydrogen-bond acceptors (Lipinski definition) is 4. The summed E-state index contributed by atoms with van der Waals surface area (Å²) in [7, 11) is 0. The second-order valence-corrected chi connectivity index (χ2v) is 5.27. The summed E-state index contributed by atoms with van der Waals surface area (Å²) >= 11 is 7.63. The minimum atomic E-state index is -0.550. The molecule has 1 aromatic rings. The maximum absolute atomic E-state index is 11.8. The van der Waals surface area contributed by atoms with Crippen LogP contribution >= 0.6 is 23.4 Å². The Morgan fingerprint density at radius 2 is 2.21 bits per heavy atom. The lowest BCUT2D eigenvalue weighted by Gasteiger charge is -2.06. The Hall–Kier alpha value is -1.27. The van der Waals surface area contributed by atoms with Gasteiger partial charge in [-0.1, -0.05) is 11.6 Å². The number of non-ortho nitro benzene ring substituents is 1. The van der Waals surface area contributed by atoms with E-state index in [1.165, 1.54) is 18.2 Å². The number of nitro groups is 1. The summed E-state index contributed by atoms with van der Waals surface area (Å²) in [4.78, 5) is 21.9. The van der Waals surface area contributed by atoms with E-state index in [4.69, 9.17) is 11.6 Å². The molecule has 0 aliphatic heterocycles. The van der Waals surface area contributed by atoms with Gasteiger partial charge in [-0.3, -0.25) is 14.9 Å². The highest BCUT2D eigenvalue weighted by Crippen LogP contribution is 2.21. The van der Waals surface area contributed by atoms with Crippen molar-refractivity contribution < 1.29 is 9.72 Å². The van der Waals surface area contributed by atoms with Crippen molar-refractivity contribution in [3.63, 3.8) is 0 Å². The number of halogens is 1. The predicted molar refractivity (Wildman–Crippen MR) is 78.1 cm³/mol. The topological polar surface area (TPSA) is 72.2 Å². The van der Waals surface area contributed by atoms with E-state index in [1.807, 2.05) is 6.26 Å². The Balaban J connectivity index is 2.61. The number of carbonyl (C=O) groups is 1. The fourth-order valence-electron chi connectivity index (χ4n) is 1.47. The molecule has 0 radical (unpaired) electrons. The van der Waals surface area contributed by atoms with Crippen LogP contribution in [0.25, 0.3) is 0 Å². The Morgan fingerprint density at radius 1 is 1.47 bits per heavy atom. The molecule has 0 aromatic heterocycles. The lowest BCUT2D eigenvalue weighted by Crippen LogP contribution is -2.24. The fourth-order valence-corrected chi connectivity index (χ4v) is 2.17. The molecule has 0 spiro atoms. The average Bonchev–Trinajstić information content (AvgIpc) is 2.38. The maximum Gasteiger partial charge on any atom is 0.270 e. The molecule has 0 heterocycles. The fraction of sp³-hybridized carbons (Fsp3) is 0.417. The molecule has 104 valence electrons. The average molecular weight is 303 g/mol. The lowest BCUT2D eigenvalue weighted by molar-refractivity contribution is -0.384. The van der Waals surface area contributed by atoms with Crippen molar-refractivity contribution in [1.29, 1.82) is 0 Å². The summed E-state index contributed by atoms with van der Waals surface area (Å²) in [6.45, 7) is 0.540. The number of nitrogens with one attached hydrogen (secondary N) is 1. The number of hydrogen-bond donors (Lipinski definition) is 1. The van der Waals surface area contributed by atoms with Gasteiger partial charge in [0.15, 0.2) is 0 Å². The van der Waals surface area contributed by atoms with Gasteiger partial charge in [-0.05, 0) is 30.9 Å². The molecule has 0 saturated carbocycles. The van der Waals surface area contributed by atoms with Crippen LogP contribution in [0.5, 0.6) is 0 Å². The number of thioether (sulfide) groups is 1. The number of amides is 1. The number of rotatable bonds is 7. The molecule has 7 heteroatoms. The molecule has 0 saturated heterocycles. The van der Waals surface area contributed by atoms with Crippen molar-refractivity contribution in [2.75, 3.05) is 18.6 Å². The number of nitro benzene ring substituents is 1. The summed E-state index contributed by atoms with van der Waals surface area (Å²) in [6.07, 6.45) is 3.92. The third-order valence-electron chi connectivity index (χ3n) is 2.47. The Bertz CT molecular complexity index is 468. The van der Waals surface area contributed by atoms with Gasteiger partial charge in [0.2, 0.25) is 0 Å². The SMILES string of the molecule is CSCCCCNC(=O)c1cc([N+](=O)[O-])ccc1Cl. The molecule has 0 fully saturated rings. The van der Waals surface area contributed by atoms with Crippen molar-refractivity contribution in [3.05, 3.63) is 38.9 Å². The van der Waals surface area contributed by atoms with Crippen molar-refractivity contribution in [2.24, 2.45) is 0 Å². The largest absolute Gasteiger partial charge is 0.352 e. The van der Waals surface area contributed by atoms with Crippen LogP contribution in [-0.4, -0.2) is 29.4 Å². The van der Waals surface area contributed by atoms with Gasteiger partial charge < -0.3 is 5.32 Å². The first-order chi connectivity index (χ1) is 9.06. The number of benzene rings is 1. The number of unbranched alkanes of at least 4 members (excludes halogenated alkanes) is 1. The summed E-state index contributed by atoms with van der Waals surface area (Å²) in [5.41, 5.74) is -0.00216. The summed E-state index contributed by atoms with van der Waals surface area (Å²) in [6, 6.07) is 3.83. The van der Waals surface area contributed by atoms with Crippen LogP contribution in [0.4, 0.5) is 5.69 Å². The molecular weight excluding hydrogens is 288 g/mol. The van der Waals surface area contributed by atoms with Crippen LogP contribution in [-0.2, 0) is 0 Å². The zero-order valence-electron chi connectivity index (χ0n) is 10.5. The highest BCUT2D eigenvalue weighted by Gasteiger charge is 2.15. The van der Waals surface area contributed by atoms with E-state index in [0.29, 0.717) is 6.54 Å². The predicted octanol–water partition coefficient (Wildman–Crippen LogP) is 3.12. The second kappa shape index (κ2) is 8.01. The quantitative estimate of drug-likeness (QED) is 0.477. The summed E-state index contributed by atoms with van der Waals surface area (Å²) in [5.74, 6) is 0.672. The smallest absolute Gasteiger partial charge is 0.270 e. The first-order valence-corrected chi connectivity index (χ1v) is 7.54. The third-order valence-corrected chi connectivity index (χ3v) is 3.49. The summed E-state index contributed by atoms with van der Waals surface area (Å²) < 4.78 is 0. The van der Waals surface area contributed by atoms with Crippen LogP contribution in [0.3, 0.4) is 0 Å². The monoisotopic (exact) mass is 302 g/mol. The van der Waals surface area contributed by atoms with E-state index in [0.717, 1.165) is 18.6 Å². The number of nitrogens with zero attached hydrogens (tertiary/aromatic N) is 1. The van der Waals surface area contributed by atoms with E-state index in [2.05, 4.69) is 5.32 Å². The van der Waals surface area contributed by atoms with Crippen LogP contribution in [0.2, 0.25) is 5.02 Å². The minimum absolute atomic E-state index is 0.140. The van der Waals surface area contributed by atoms with E-state index in [9.17, 15) is 14.9 Å². The van der Waals surface area contributed by atoms with Crippen LogP contribution in [0.1, 0.15) is 23.2 Å². The van der Waals surface area contributed by atoms with Crippen LogP contribution in [0, 0.1) is 10.1 Å². The molecule has 0 bridgehead atoms. The van der Waals surface area contributed by atoms with E-state index >= 15 is 0 Å². The molecular formula is C12H15ClN2O3S. The van der Waals surface area contributed by atoms with E-state index in [-0.39, 0.29) is 22.2 Å². The van der Waals surface area contributed by atoms with Crippen LogP contribution < -0.4 is 5.32 Å². The molecule has 0 unspecified atom stereocenters. The van der Waals surface area contributed by atoms with E-state index in [1.54, 1.807) is 11.8 Å². The second-order valence-electron chi connectivity index (χ2n) is 3.88. The van der Waals surface area contributed by atoms with Gasteiger partial charge in [0.25, 0.3) is 11.6 Å². The van der Waals surface area contributed by atoms with Gasteiger partial charge >= 0.3 is 0 Å². The number of carbonyl (C=O) groups excluding carboxylic acids is 1. The van der Waals surface area contributed by atoms with Crippen molar-refractivity contribution >= 4 is 35.0 Å². The van der Waals surface area contributed by atoms with Crippen LogP contribution in [0.15, 0.2) is 18.2 Å². The minimum Gasteiger partial charge on any atom is -0.352 e. The first kappa shape index (κ1) is 15.8. The van der Waals surface area contributed by atoms with Gasteiger partial charge in [-0.15, -0.1) is 0 Å². The molecule has 0 aliphatic rings. The lowest BCUT2D eigenvalue weighted by atomic mass is 10.2. The first-order valence-electron chi connectivity index (χ1n) is 5.77. The summed E-state index contributed by atoms with van der Waals surface area (Å²) in [5, 5.41) is 13.6. The highest BCUT2D eigenvalue weighted by atomic mass is 35.5. The van der Waals surface area contributed by atoms with Gasteiger partial charge in [-0.2, -0.15) is 11.8 Å². The van der Waals surface area contributed by atoms with Gasteiger partial charge in [0, 0.05) is 18.7 Å². The van der Waals surface area contributed by atoms with Gasteiger partial charge in [-0.25, -0.2) is 0 Å². The normalized spacial score (nSPS) is 10.2. The molecule has 1 N–H and O–H groups in total. The third kappa shape index (κ3) is 5.08. The van der Waals surface area contributed by atoms with Gasteiger partial charge in [0.05, 0.1) is 15.5 Å². The van der Waals surface area contributed by atoms with Crippen molar-refractivity contribution in [3.8, 4) is 0 Å². The molecule has 1 rings (SSSR count). The Labute approximate surface area is 120 Å². The van der Waals surface area contributed by atoms with Gasteiger partial charge in [0.1, 0.15) is 0 Å². The van der Waals surface area contributed by atoms with Crippen molar-refractivity contribution in [1.82, 2.24) is 5.32 Å². The highest BCUT2D eigenvalue weighted by molar-refractivity contribution is 7.98. The van der Waals surface area contributed by atoms with E-state index < -0.39 is 4.92 Å². The molecule has 0 atom stereocenters. The Morgan fingerprint density at radius 3 is 2.84 bits per heavy atom. The molecule has 1 aromatic carbocycles. The molecule has 1 amide bonds. The van der Waals surface area contributed by atoms with Crippen molar-refractivity contribution in [2.45, 2.75) is 12.8 Å².